The number of carbonyl (C=O) groups excluding carboxylic acids is 1. The summed E-state index contributed by atoms with van der Waals surface area (Å²) in [6, 6.07) is 18.4. The number of carbonyl (C=O) groups is 1. The molecule has 0 unspecified atom stereocenters. The van der Waals surface area contributed by atoms with Gasteiger partial charge in [-0.2, -0.15) is 5.10 Å². The van der Waals surface area contributed by atoms with E-state index in [9.17, 15) is 9.18 Å². The minimum absolute atomic E-state index is 0.0710. The summed E-state index contributed by atoms with van der Waals surface area (Å²) in [6.07, 6.45) is 5.08. The number of hydrogen-bond acceptors (Lipinski definition) is 4. The molecule has 37 heavy (non-hydrogen) atoms. The number of aromatic nitrogens is 5. The maximum absolute atomic E-state index is 13.5. The van der Waals surface area contributed by atoms with Crippen LogP contribution in [0.1, 0.15) is 13.8 Å². The molecule has 0 radical (unpaired) electrons. The number of aromatic amines is 2. The molecule has 0 bridgehead atoms. The largest absolute Gasteiger partial charge is 0.353 e. The molecule has 7 nitrogen and oxygen atoms in total. The number of amides is 1. The lowest BCUT2D eigenvalue weighted by Gasteiger charge is -2.08. The van der Waals surface area contributed by atoms with Crippen molar-refractivity contribution in [1.29, 1.82) is 0 Å². The van der Waals surface area contributed by atoms with Crippen LogP contribution in [0.15, 0.2) is 79.3 Å². The standard InChI is InChI=1S/C29H23FN6O/c1-16(2)29(37)33-20-10-18(13-31-14-20)25-12-23-27(15-32-25)35-36-28(23)26-11-22-21(4-3-5-24(22)34-26)17-6-8-19(30)9-7-17/h3-16,34H,1-2H3,(H,33,37)(H,35,36). The first kappa shape index (κ1) is 22.6. The number of H-pyrrole nitrogens is 2. The number of rotatable bonds is 5. The Labute approximate surface area is 211 Å². The van der Waals surface area contributed by atoms with Gasteiger partial charge in [-0.3, -0.25) is 19.9 Å². The van der Waals surface area contributed by atoms with E-state index >= 15 is 0 Å². The van der Waals surface area contributed by atoms with Crippen molar-refractivity contribution in [2.45, 2.75) is 13.8 Å². The van der Waals surface area contributed by atoms with Gasteiger partial charge < -0.3 is 10.3 Å². The first-order valence-electron chi connectivity index (χ1n) is 11.9. The van der Waals surface area contributed by atoms with Crippen molar-refractivity contribution >= 4 is 33.4 Å². The third kappa shape index (κ3) is 4.23. The number of benzene rings is 2. The van der Waals surface area contributed by atoms with E-state index in [0.717, 1.165) is 49.9 Å². The van der Waals surface area contributed by atoms with Crippen LogP contribution in [0.4, 0.5) is 10.1 Å². The van der Waals surface area contributed by atoms with Crippen LogP contribution in [0.25, 0.3) is 55.6 Å². The highest BCUT2D eigenvalue weighted by molar-refractivity contribution is 6.01. The van der Waals surface area contributed by atoms with Crippen LogP contribution in [0, 0.1) is 11.7 Å². The zero-order valence-electron chi connectivity index (χ0n) is 20.2. The number of nitrogens with one attached hydrogen (secondary N) is 3. The zero-order chi connectivity index (χ0) is 25.5. The summed E-state index contributed by atoms with van der Waals surface area (Å²) < 4.78 is 13.5. The molecule has 4 aromatic heterocycles. The second-order valence-corrected chi connectivity index (χ2v) is 9.25. The maximum atomic E-state index is 13.5. The van der Waals surface area contributed by atoms with Gasteiger partial charge in [-0.25, -0.2) is 4.39 Å². The van der Waals surface area contributed by atoms with Gasteiger partial charge in [0.25, 0.3) is 0 Å². The molecule has 6 aromatic rings. The van der Waals surface area contributed by atoms with Crippen molar-refractivity contribution < 1.29 is 9.18 Å². The first-order chi connectivity index (χ1) is 18.0. The van der Waals surface area contributed by atoms with Gasteiger partial charge in [-0.05, 0) is 47.5 Å². The van der Waals surface area contributed by atoms with E-state index in [-0.39, 0.29) is 17.6 Å². The summed E-state index contributed by atoms with van der Waals surface area (Å²) in [5, 5.41) is 12.4. The number of anilines is 1. The molecule has 1 amide bonds. The average molecular weight is 491 g/mol. The molecule has 182 valence electrons. The molecule has 8 heteroatoms. The zero-order valence-corrected chi connectivity index (χ0v) is 20.2. The summed E-state index contributed by atoms with van der Waals surface area (Å²) >= 11 is 0. The van der Waals surface area contributed by atoms with Crippen LogP contribution >= 0.6 is 0 Å². The molecule has 0 aliphatic carbocycles. The van der Waals surface area contributed by atoms with Crippen LogP contribution in [0.2, 0.25) is 0 Å². The minimum atomic E-state index is -0.263. The molecule has 0 aliphatic heterocycles. The van der Waals surface area contributed by atoms with Crippen LogP contribution < -0.4 is 5.32 Å². The lowest BCUT2D eigenvalue weighted by Crippen LogP contribution is -2.17. The Bertz CT molecular complexity index is 1770. The Hall–Kier alpha value is -4.85. The molecule has 0 aliphatic rings. The lowest BCUT2D eigenvalue weighted by atomic mass is 10.0. The van der Waals surface area contributed by atoms with Crippen molar-refractivity contribution in [2.75, 3.05) is 5.32 Å². The Kier molecular flexibility index (Phi) is 5.49. The molecule has 0 atom stereocenters. The number of halogens is 1. The van der Waals surface area contributed by atoms with Gasteiger partial charge >= 0.3 is 0 Å². The van der Waals surface area contributed by atoms with Crippen molar-refractivity contribution in [3.63, 3.8) is 0 Å². The highest BCUT2D eigenvalue weighted by atomic mass is 19.1. The Morgan fingerprint density at radius 2 is 1.76 bits per heavy atom. The Balaban J connectivity index is 1.41. The van der Waals surface area contributed by atoms with Crippen molar-refractivity contribution in [3.8, 4) is 33.8 Å². The molecule has 0 saturated heterocycles. The normalized spacial score (nSPS) is 11.5. The molecule has 3 N–H and O–H groups in total. The van der Waals surface area contributed by atoms with E-state index in [4.69, 9.17) is 0 Å². The van der Waals surface area contributed by atoms with E-state index < -0.39 is 0 Å². The summed E-state index contributed by atoms with van der Waals surface area (Å²) in [6.45, 7) is 3.68. The lowest BCUT2D eigenvalue weighted by molar-refractivity contribution is -0.118. The summed E-state index contributed by atoms with van der Waals surface area (Å²) in [5.74, 6) is -0.467. The third-order valence-electron chi connectivity index (χ3n) is 6.35. The molecular formula is C29H23FN6O. The second kappa shape index (κ2) is 8.98. The van der Waals surface area contributed by atoms with Gasteiger partial charge in [0.2, 0.25) is 5.91 Å². The number of hydrogen-bond donors (Lipinski definition) is 3. The summed E-state index contributed by atoms with van der Waals surface area (Å²) in [7, 11) is 0. The summed E-state index contributed by atoms with van der Waals surface area (Å²) in [5.41, 5.74) is 7.43. The maximum Gasteiger partial charge on any atom is 0.226 e. The highest BCUT2D eigenvalue weighted by Crippen LogP contribution is 2.35. The number of nitrogens with zero attached hydrogens (tertiary/aromatic N) is 3. The molecule has 2 aromatic carbocycles. The topological polar surface area (TPSA) is 99.4 Å². The fraction of sp³-hybridized carbons (Fsp3) is 0.103. The SMILES string of the molecule is CC(C)C(=O)Nc1cncc(-c2cc3c(-c4cc5c(-c6ccc(F)cc6)cccc5[nH]4)n[nH]c3cn2)c1. The molecule has 0 saturated carbocycles. The number of fused-ring (bicyclic) bond motifs is 2. The van der Waals surface area contributed by atoms with E-state index in [1.165, 1.54) is 12.1 Å². The summed E-state index contributed by atoms with van der Waals surface area (Å²) in [4.78, 5) is 24.5. The van der Waals surface area contributed by atoms with Gasteiger partial charge in [-0.15, -0.1) is 0 Å². The van der Waals surface area contributed by atoms with Crippen molar-refractivity contribution in [2.24, 2.45) is 5.92 Å². The van der Waals surface area contributed by atoms with Gasteiger partial charge in [-0.1, -0.05) is 38.1 Å². The Morgan fingerprint density at radius 3 is 2.57 bits per heavy atom. The predicted molar refractivity (Wildman–Crippen MR) is 143 cm³/mol. The van der Waals surface area contributed by atoms with Crippen molar-refractivity contribution in [1.82, 2.24) is 25.1 Å². The van der Waals surface area contributed by atoms with E-state index in [1.54, 1.807) is 30.7 Å². The van der Waals surface area contributed by atoms with E-state index in [0.29, 0.717) is 11.4 Å². The quantitative estimate of drug-likeness (QED) is 0.254. The predicted octanol–water partition coefficient (Wildman–Crippen LogP) is 6.57. The van der Waals surface area contributed by atoms with Crippen LogP contribution in [-0.4, -0.2) is 31.1 Å². The van der Waals surface area contributed by atoms with Gasteiger partial charge in [0, 0.05) is 34.0 Å². The van der Waals surface area contributed by atoms with Crippen LogP contribution in [0.3, 0.4) is 0 Å². The highest BCUT2D eigenvalue weighted by Gasteiger charge is 2.15. The smallest absolute Gasteiger partial charge is 0.226 e. The average Bonchev–Trinajstić information content (AvgIpc) is 3.53. The van der Waals surface area contributed by atoms with Gasteiger partial charge in [0.1, 0.15) is 11.5 Å². The van der Waals surface area contributed by atoms with Crippen LogP contribution in [-0.2, 0) is 4.79 Å². The monoisotopic (exact) mass is 490 g/mol. The molecule has 4 heterocycles. The van der Waals surface area contributed by atoms with Crippen LogP contribution in [0.5, 0.6) is 0 Å². The Morgan fingerprint density at radius 1 is 0.919 bits per heavy atom. The van der Waals surface area contributed by atoms with E-state index in [2.05, 4.69) is 36.5 Å². The fourth-order valence-corrected chi connectivity index (χ4v) is 4.38. The second-order valence-electron chi connectivity index (χ2n) is 9.25. The van der Waals surface area contributed by atoms with Gasteiger partial charge in [0.15, 0.2) is 0 Å². The van der Waals surface area contributed by atoms with E-state index in [1.807, 2.05) is 44.2 Å². The number of pyridine rings is 2. The first-order valence-corrected chi connectivity index (χ1v) is 11.9. The molecule has 0 fully saturated rings. The molecular weight excluding hydrogens is 467 g/mol. The molecule has 0 spiro atoms. The molecule has 6 rings (SSSR count). The van der Waals surface area contributed by atoms with Crippen molar-refractivity contribution in [3.05, 3.63) is 85.1 Å². The fourth-order valence-electron chi connectivity index (χ4n) is 4.38. The van der Waals surface area contributed by atoms with Gasteiger partial charge in [0.05, 0.1) is 35.0 Å². The third-order valence-corrected chi connectivity index (χ3v) is 6.35. The minimum Gasteiger partial charge on any atom is -0.353 e.